The van der Waals surface area contributed by atoms with E-state index in [2.05, 4.69) is 44.7 Å². The average Bonchev–Trinajstić information content (AvgIpc) is 3.05. The molecule has 4 nitrogen and oxygen atoms in total. The molecule has 0 saturated heterocycles. The van der Waals surface area contributed by atoms with Crippen LogP contribution in [0, 0.1) is 16.7 Å². The fourth-order valence-electron chi connectivity index (χ4n) is 4.26. The molecule has 1 fully saturated rings. The van der Waals surface area contributed by atoms with Gasteiger partial charge < -0.3 is 5.11 Å². The van der Waals surface area contributed by atoms with E-state index in [9.17, 15) is 5.11 Å². The molecule has 24 heavy (non-hydrogen) atoms. The second-order valence-corrected chi connectivity index (χ2v) is 9.47. The molecule has 1 heterocycles. The van der Waals surface area contributed by atoms with E-state index in [1.54, 1.807) is 12.7 Å². The average molecular weight is 336 g/mol. The third-order valence-corrected chi connectivity index (χ3v) is 6.06. The Bertz CT molecular complexity index is 470. The van der Waals surface area contributed by atoms with E-state index < -0.39 is 6.10 Å². The van der Waals surface area contributed by atoms with Gasteiger partial charge in [0, 0.05) is 0 Å². The van der Waals surface area contributed by atoms with Gasteiger partial charge in [0.1, 0.15) is 12.7 Å². The van der Waals surface area contributed by atoms with Crippen LogP contribution in [0.1, 0.15) is 92.0 Å². The van der Waals surface area contributed by atoms with Gasteiger partial charge in [-0.15, -0.1) is 0 Å². The third-order valence-electron chi connectivity index (χ3n) is 6.06. The molecule has 1 saturated carbocycles. The van der Waals surface area contributed by atoms with Gasteiger partial charge >= 0.3 is 0 Å². The Hall–Kier alpha value is -0.900. The highest BCUT2D eigenvalue weighted by atomic mass is 16.3. The number of aromatic nitrogens is 3. The molecule has 1 aromatic heterocycles. The Morgan fingerprint density at radius 2 is 1.79 bits per heavy atom. The molecular weight excluding hydrogens is 298 g/mol. The van der Waals surface area contributed by atoms with Crippen molar-refractivity contribution in [3.05, 3.63) is 12.7 Å². The van der Waals surface area contributed by atoms with Gasteiger partial charge in [-0.3, -0.25) is 0 Å². The summed E-state index contributed by atoms with van der Waals surface area (Å²) in [4.78, 5) is 4.08. The third kappa shape index (κ3) is 5.05. The molecule has 2 atom stereocenters. The first kappa shape index (κ1) is 19.4. The van der Waals surface area contributed by atoms with Crippen LogP contribution in [-0.2, 0) is 0 Å². The van der Waals surface area contributed by atoms with Gasteiger partial charge in [-0.05, 0) is 42.4 Å². The highest BCUT2D eigenvalue weighted by Crippen LogP contribution is 2.42. The predicted octanol–water partition coefficient (Wildman–Crippen LogP) is 5.00. The molecule has 2 rings (SSSR count). The zero-order chi connectivity index (χ0) is 17.8. The molecule has 138 valence electrons. The van der Waals surface area contributed by atoms with Crippen LogP contribution < -0.4 is 0 Å². The van der Waals surface area contributed by atoms with Crippen molar-refractivity contribution in [2.75, 3.05) is 0 Å². The maximum Gasteiger partial charge on any atom is 0.137 e. The molecule has 0 aliphatic heterocycles. The van der Waals surface area contributed by atoms with Gasteiger partial charge in [0.2, 0.25) is 0 Å². The van der Waals surface area contributed by atoms with Gasteiger partial charge in [0.25, 0.3) is 0 Å². The van der Waals surface area contributed by atoms with Gasteiger partial charge in [-0.25, -0.2) is 9.67 Å². The number of rotatable bonds is 7. The minimum atomic E-state index is -0.419. The monoisotopic (exact) mass is 335 g/mol. The lowest BCUT2D eigenvalue weighted by Gasteiger charge is -2.38. The Morgan fingerprint density at radius 1 is 1.12 bits per heavy atom. The first-order chi connectivity index (χ1) is 11.2. The van der Waals surface area contributed by atoms with Crippen LogP contribution in [0.25, 0.3) is 0 Å². The molecule has 0 amide bonds. The van der Waals surface area contributed by atoms with E-state index >= 15 is 0 Å². The lowest BCUT2D eigenvalue weighted by atomic mass is 9.68. The van der Waals surface area contributed by atoms with E-state index in [0.717, 1.165) is 18.8 Å². The van der Waals surface area contributed by atoms with Crippen molar-refractivity contribution in [2.24, 2.45) is 16.7 Å². The molecular formula is C20H37N3O. The van der Waals surface area contributed by atoms with Gasteiger partial charge in [0.15, 0.2) is 0 Å². The Labute approximate surface area is 148 Å². The number of hydrogen-bond acceptors (Lipinski definition) is 3. The summed E-state index contributed by atoms with van der Waals surface area (Å²) in [5, 5.41) is 15.1. The smallest absolute Gasteiger partial charge is 0.137 e. The summed E-state index contributed by atoms with van der Waals surface area (Å²) in [5.41, 5.74) is 0.246. The van der Waals surface area contributed by atoms with Crippen LogP contribution >= 0.6 is 0 Å². The molecule has 0 aromatic carbocycles. The van der Waals surface area contributed by atoms with Gasteiger partial charge in [-0.2, -0.15) is 5.10 Å². The molecule has 0 spiro atoms. The van der Waals surface area contributed by atoms with Crippen LogP contribution in [0.4, 0.5) is 0 Å². The summed E-state index contributed by atoms with van der Waals surface area (Å²) >= 11 is 0. The number of nitrogens with zero attached hydrogens (tertiary/aromatic N) is 3. The normalized spacial score (nSPS) is 20.1. The topological polar surface area (TPSA) is 50.9 Å². The van der Waals surface area contributed by atoms with Crippen LogP contribution in [0.15, 0.2) is 12.7 Å². The first-order valence-corrected chi connectivity index (χ1v) is 9.74. The Morgan fingerprint density at radius 3 is 2.33 bits per heavy atom. The van der Waals surface area contributed by atoms with E-state index in [1.165, 1.54) is 38.5 Å². The van der Waals surface area contributed by atoms with Crippen molar-refractivity contribution in [2.45, 2.75) is 98.1 Å². The summed E-state index contributed by atoms with van der Waals surface area (Å²) in [6, 6.07) is 0.00894. The van der Waals surface area contributed by atoms with Crippen molar-refractivity contribution in [1.82, 2.24) is 14.8 Å². The van der Waals surface area contributed by atoms with Crippen LogP contribution in [0.2, 0.25) is 0 Å². The second kappa shape index (κ2) is 7.99. The molecule has 4 heteroatoms. The Balaban J connectivity index is 1.95. The van der Waals surface area contributed by atoms with Crippen molar-refractivity contribution < 1.29 is 5.11 Å². The highest BCUT2D eigenvalue weighted by molar-refractivity contribution is 4.86. The molecule has 1 N–H and O–H groups in total. The molecule has 2 unspecified atom stereocenters. The maximum absolute atomic E-state index is 10.8. The van der Waals surface area contributed by atoms with Gasteiger partial charge in [-0.1, -0.05) is 60.3 Å². The lowest BCUT2D eigenvalue weighted by molar-refractivity contribution is 0.00672. The minimum absolute atomic E-state index is 0.00894. The van der Waals surface area contributed by atoms with Gasteiger partial charge in [0.05, 0.1) is 12.1 Å². The lowest BCUT2D eigenvalue weighted by Crippen LogP contribution is -2.36. The second-order valence-electron chi connectivity index (χ2n) is 9.47. The van der Waals surface area contributed by atoms with E-state index in [1.807, 2.05) is 4.68 Å². The largest absolute Gasteiger partial charge is 0.390 e. The molecule has 1 aliphatic rings. The van der Waals surface area contributed by atoms with Crippen LogP contribution in [-0.4, -0.2) is 26.0 Å². The maximum atomic E-state index is 10.8. The SMILES string of the molecule is CC(C)(C)C(O)C(CCCC(C)(C)C1CCCCC1)n1cncn1. The van der Waals surface area contributed by atoms with Crippen molar-refractivity contribution in [3.8, 4) is 0 Å². The van der Waals surface area contributed by atoms with E-state index in [-0.39, 0.29) is 11.5 Å². The molecule has 1 aromatic rings. The zero-order valence-corrected chi connectivity index (χ0v) is 16.3. The Kier molecular flexibility index (Phi) is 6.46. The number of hydrogen-bond donors (Lipinski definition) is 1. The van der Waals surface area contributed by atoms with Crippen LogP contribution in [0.5, 0.6) is 0 Å². The predicted molar refractivity (Wildman–Crippen MR) is 98.7 cm³/mol. The molecule has 1 aliphatic carbocycles. The molecule has 0 radical (unpaired) electrons. The number of aliphatic hydroxyl groups is 1. The van der Waals surface area contributed by atoms with Crippen molar-refractivity contribution >= 4 is 0 Å². The summed E-state index contributed by atoms with van der Waals surface area (Å²) in [5.74, 6) is 0.864. The zero-order valence-electron chi connectivity index (χ0n) is 16.3. The summed E-state index contributed by atoms with van der Waals surface area (Å²) in [6.07, 6.45) is 13.2. The number of aliphatic hydroxyl groups excluding tert-OH is 1. The standard InChI is InChI=1S/C20H37N3O/c1-19(2,3)18(24)17(23-15-21-14-22-23)12-9-13-20(4,5)16-10-7-6-8-11-16/h14-18,24H,6-13H2,1-5H3. The summed E-state index contributed by atoms with van der Waals surface area (Å²) < 4.78 is 1.85. The highest BCUT2D eigenvalue weighted by Gasteiger charge is 2.34. The van der Waals surface area contributed by atoms with E-state index in [4.69, 9.17) is 0 Å². The fourth-order valence-corrected chi connectivity index (χ4v) is 4.26. The molecule has 0 bridgehead atoms. The summed E-state index contributed by atoms with van der Waals surface area (Å²) in [6.45, 7) is 11.1. The van der Waals surface area contributed by atoms with Crippen molar-refractivity contribution in [1.29, 1.82) is 0 Å². The first-order valence-electron chi connectivity index (χ1n) is 9.74. The quantitative estimate of drug-likeness (QED) is 0.762. The fraction of sp³-hybridized carbons (Fsp3) is 0.900. The van der Waals surface area contributed by atoms with Crippen molar-refractivity contribution in [3.63, 3.8) is 0 Å². The van der Waals surface area contributed by atoms with E-state index in [0.29, 0.717) is 5.41 Å². The van der Waals surface area contributed by atoms with Crippen LogP contribution in [0.3, 0.4) is 0 Å². The summed E-state index contributed by atoms with van der Waals surface area (Å²) in [7, 11) is 0. The minimum Gasteiger partial charge on any atom is -0.390 e.